The third kappa shape index (κ3) is 2.98. The van der Waals surface area contributed by atoms with Gasteiger partial charge in [0.15, 0.2) is 5.58 Å². The number of nitrogens with zero attached hydrogens (tertiary/aromatic N) is 3. The molecule has 0 unspecified atom stereocenters. The van der Waals surface area contributed by atoms with Crippen LogP contribution in [0.25, 0.3) is 71.9 Å². The zero-order chi connectivity index (χ0) is 25.1. The SMILES string of the molecule is c1ccc(-c2ncnc3c2oc2ccccc23)c(-c2ccccc2-n2c3ccccc3c3ccccc32)c1. The van der Waals surface area contributed by atoms with Crippen LogP contribution in [0.4, 0.5) is 0 Å². The van der Waals surface area contributed by atoms with Crippen molar-refractivity contribution in [2.75, 3.05) is 0 Å². The zero-order valence-corrected chi connectivity index (χ0v) is 20.4. The lowest BCUT2D eigenvalue weighted by atomic mass is 9.95. The van der Waals surface area contributed by atoms with Gasteiger partial charge in [-0.15, -0.1) is 0 Å². The summed E-state index contributed by atoms with van der Waals surface area (Å²) in [5, 5.41) is 3.48. The molecule has 0 spiro atoms. The smallest absolute Gasteiger partial charge is 0.180 e. The summed E-state index contributed by atoms with van der Waals surface area (Å²) in [6, 6.07) is 42.2. The first-order chi connectivity index (χ1) is 18.9. The monoisotopic (exact) mass is 487 g/mol. The number of hydrogen-bond donors (Lipinski definition) is 0. The molecule has 0 aliphatic heterocycles. The molecule has 0 bridgehead atoms. The van der Waals surface area contributed by atoms with E-state index in [4.69, 9.17) is 9.40 Å². The van der Waals surface area contributed by atoms with Crippen molar-refractivity contribution in [1.29, 1.82) is 0 Å². The van der Waals surface area contributed by atoms with Crippen LogP contribution in [0.3, 0.4) is 0 Å². The third-order valence-corrected chi connectivity index (χ3v) is 7.36. The maximum absolute atomic E-state index is 6.32. The van der Waals surface area contributed by atoms with Gasteiger partial charge in [0, 0.05) is 27.3 Å². The molecule has 3 heterocycles. The van der Waals surface area contributed by atoms with Crippen LogP contribution < -0.4 is 0 Å². The first-order valence-corrected chi connectivity index (χ1v) is 12.7. The van der Waals surface area contributed by atoms with E-state index in [-0.39, 0.29) is 0 Å². The predicted octanol–water partition coefficient (Wildman–Crippen LogP) is 8.81. The van der Waals surface area contributed by atoms with E-state index >= 15 is 0 Å². The van der Waals surface area contributed by atoms with Crippen molar-refractivity contribution in [3.05, 3.63) is 128 Å². The minimum Gasteiger partial charge on any atom is -0.452 e. The topological polar surface area (TPSA) is 43.9 Å². The zero-order valence-electron chi connectivity index (χ0n) is 20.4. The van der Waals surface area contributed by atoms with Crippen LogP contribution in [0.5, 0.6) is 0 Å². The summed E-state index contributed by atoms with van der Waals surface area (Å²) < 4.78 is 8.69. The van der Waals surface area contributed by atoms with E-state index in [1.54, 1.807) is 6.33 Å². The first kappa shape index (κ1) is 20.9. The van der Waals surface area contributed by atoms with Gasteiger partial charge in [0.05, 0.1) is 16.7 Å². The molecule has 8 aromatic rings. The van der Waals surface area contributed by atoms with E-state index in [1.165, 1.54) is 21.8 Å². The van der Waals surface area contributed by atoms with Crippen LogP contribution >= 0.6 is 0 Å². The Bertz CT molecular complexity index is 2100. The Hall–Kier alpha value is -5.22. The maximum atomic E-state index is 6.32. The molecule has 0 N–H and O–H groups in total. The number of fused-ring (bicyclic) bond motifs is 6. The van der Waals surface area contributed by atoms with Crippen LogP contribution in [-0.4, -0.2) is 14.5 Å². The molecular weight excluding hydrogens is 466 g/mol. The summed E-state index contributed by atoms with van der Waals surface area (Å²) in [4.78, 5) is 9.31. The molecule has 0 saturated carbocycles. The molecule has 4 heteroatoms. The van der Waals surface area contributed by atoms with Gasteiger partial charge in [0.2, 0.25) is 0 Å². The number of furan rings is 1. The first-order valence-electron chi connectivity index (χ1n) is 12.7. The quantitative estimate of drug-likeness (QED) is 0.250. The minimum absolute atomic E-state index is 0.704. The number of aromatic nitrogens is 3. The Morgan fingerprint density at radius 1 is 0.500 bits per heavy atom. The fraction of sp³-hybridized carbons (Fsp3) is 0. The second kappa shape index (κ2) is 8.15. The van der Waals surface area contributed by atoms with Crippen molar-refractivity contribution in [1.82, 2.24) is 14.5 Å². The van der Waals surface area contributed by atoms with Crippen molar-refractivity contribution >= 4 is 43.9 Å². The van der Waals surface area contributed by atoms with Crippen LogP contribution in [0, 0.1) is 0 Å². The molecule has 0 atom stereocenters. The highest BCUT2D eigenvalue weighted by atomic mass is 16.3. The molecule has 38 heavy (non-hydrogen) atoms. The molecule has 8 rings (SSSR count). The summed E-state index contributed by atoms with van der Waals surface area (Å²) in [5.41, 5.74) is 9.83. The van der Waals surface area contributed by atoms with Gasteiger partial charge >= 0.3 is 0 Å². The van der Waals surface area contributed by atoms with Gasteiger partial charge in [-0.1, -0.05) is 91.0 Å². The highest BCUT2D eigenvalue weighted by Crippen LogP contribution is 2.41. The molecule has 4 nitrogen and oxygen atoms in total. The average molecular weight is 488 g/mol. The van der Waals surface area contributed by atoms with E-state index in [1.807, 2.05) is 24.3 Å². The van der Waals surface area contributed by atoms with E-state index in [0.29, 0.717) is 5.58 Å². The van der Waals surface area contributed by atoms with Crippen molar-refractivity contribution in [3.8, 4) is 28.1 Å². The molecule has 0 amide bonds. The highest BCUT2D eigenvalue weighted by molar-refractivity contribution is 6.10. The second-order valence-corrected chi connectivity index (χ2v) is 9.43. The van der Waals surface area contributed by atoms with Gasteiger partial charge < -0.3 is 8.98 Å². The molecule has 5 aromatic carbocycles. The summed E-state index contributed by atoms with van der Waals surface area (Å²) in [6.07, 6.45) is 1.63. The lowest BCUT2D eigenvalue weighted by molar-refractivity contribution is 0.667. The third-order valence-electron chi connectivity index (χ3n) is 7.36. The number of benzene rings is 5. The largest absolute Gasteiger partial charge is 0.452 e. The fourth-order valence-corrected chi connectivity index (χ4v) is 5.72. The van der Waals surface area contributed by atoms with Gasteiger partial charge in [0.25, 0.3) is 0 Å². The molecular formula is C34H21N3O. The van der Waals surface area contributed by atoms with E-state index in [2.05, 4.69) is 107 Å². The van der Waals surface area contributed by atoms with Gasteiger partial charge in [0.1, 0.15) is 23.1 Å². The minimum atomic E-state index is 0.704. The molecule has 0 aliphatic rings. The van der Waals surface area contributed by atoms with Crippen LogP contribution in [-0.2, 0) is 0 Å². The fourth-order valence-electron chi connectivity index (χ4n) is 5.72. The Morgan fingerprint density at radius 2 is 1.08 bits per heavy atom. The highest BCUT2D eigenvalue weighted by Gasteiger charge is 2.20. The Labute approximate surface area is 218 Å². The number of para-hydroxylation sites is 4. The Balaban J connectivity index is 1.43. The van der Waals surface area contributed by atoms with Crippen LogP contribution in [0.2, 0.25) is 0 Å². The summed E-state index contributed by atoms with van der Waals surface area (Å²) in [7, 11) is 0. The van der Waals surface area contributed by atoms with E-state index < -0.39 is 0 Å². The molecule has 3 aromatic heterocycles. The Morgan fingerprint density at radius 3 is 1.84 bits per heavy atom. The summed E-state index contributed by atoms with van der Waals surface area (Å²) >= 11 is 0. The van der Waals surface area contributed by atoms with Crippen molar-refractivity contribution in [2.24, 2.45) is 0 Å². The number of rotatable bonds is 3. The van der Waals surface area contributed by atoms with Gasteiger partial charge in [-0.05, 0) is 35.9 Å². The second-order valence-electron chi connectivity index (χ2n) is 9.43. The van der Waals surface area contributed by atoms with Gasteiger partial charge in [-0.25, -0.2) is 9.97 Å². The summed E-state index contributed by atoms with van der Waals surface area (Å²) in [5.74, 6) is 0. The molecule has 0 fully saturated rings. The van der Waals surface area contributed by atoms with Crippen molar-refractivity contribution in [2.45, 2.75) is 0 Å². The normalized spacial score (nSPS) is 11.7. The lowest BCUT2D eigenvalue weighted by Crippen LogP contribution is -1.98. The van der Waals surface area contributed by atoms with E-state index in [9.17, 15) is 0 Å². The van der Waals surface area contributed by atoms with Crippen LogP contribution in [0.15, 0.2) is 132 Å². The Kier molecular flexibility index (Phi) is 4.49. The average Bonchev–Trinajstić information content (AvgIpc) is 3.53. The standard InChI is InChI=1S/C34H21N3O/c1-2-15-26(32-34-33(36-21-35-32)27-16-6-10-20-31(27)38-34)22(11-1)23-12-3-7-17-28(23)37-29-18-8-4-13-24(29)25-14-5-9-19-30(25)37/h1-21H. The predicted molar refractivity (Wildman–Crippen MR) is 155 cm³/mol. The molecule has 0 saturated heterocycles. The molecule has 178 valence electrons. The van der Waals surface area contributed by atoms with Gasteiger partial charge in [-0.2, -0.15) is 0 Å². The maximum Gasteiger partial charge on any atom is 0.180 e. The van der Waals surface area contributed by atoms with Crippen LogP contribution in [0.1, 0.15) is 0 Å². The molecule has 0 radical (unpaired) electrons. The van der Waals surface area contributed by atoms with Crippen molar-refractivity contribution < 1.29 is 4.42 Å². The summed E-state index contributed by atoms with van der Waals surface area (Å²) in [6.45, 7) is 0. The van der Waals surface area contributed by atoms with Gasteiger partial charge in [-0.3, -0.25) is 0 Å². The van der Waals surface area contributed by atoms with Crippen molar-refractivity contribution in [3.63, 3.8) is 0 Å². The van der Waals surface area contributed by atoms with E-state index in [0.717, 1.165) is 44.6 Å². The molecule has 0 aliphatic carbocycles. The lowest BCUT2D eigenvalue weighted by Gasteiger charge is -2.16. The number of hydrogen-bond acceptors (Lipinski definition) is 3.